The molecule has 0 aromatic carbocycles. The van der Waals surface area contributed by atoms with E-state index in [1.54, 1.807) is 6.07 Å². The van der Waals surface area contributed by atoms with Crippen LogP contribution in [0.25, 0.3) is 0 Å². The molecule has 0 bridgehead atoms. The minimum atomic E-state index is -0.491. The van der Waals surface area contributed by atoms with E-state index >= 15 is 0 Å². The Kier molecular flexibility index (Phi) is 3.14. The number of rotatable bonds is 2. The molecule has 2 aromatic heterocycles. The van der Waals surface area contributed by atoms with E-state index < -0.39 is 5.95 Å². The Hall–Kier alpha value is -1.49. The normalized spacial score (nSPS) is 10.4. The summed E-state index contributed by atoms with van der Waals surface area (Å²) in [5, 5.41) is 0.628. The van der Waals surface area contributed by atoms with E-state index in [2.05, 4.69) is 15.0 Å². The maximum absolute atomic E-state index is 12.9. The monoisotopic (exact) mass is 235 g/mol. The molecule has 0 aliphatic heterocycles. The van der Waals surface area contributed by atoms with Gasteiger partial charge in [0.1, 0.15) is 0 Å². The van der Waals surface area contributed by atoms with Crippen molar-refractivity contribution in [1.29, 1.82) is 0 Å². The van der Waals surface area contributed by atoms with Crippen LogP contribution in [-0.4, -0.2) is 15.0 Å². The third kappa shape index (κ3) is 2.76. The van der Waals surface area contributed by atoms with Crippen LogP contribution in [0.2, 0.25) is 0 Å². The summed E-state index contributed by atoms with van der Waals surface area (Å²) in [5.41, 5.74) is 1.81. The molecule has 0 aliphatic rings. The molecule has 0 atom stereocenters. The first kappa shape index (κ1) is 11.0. The van der Waals surface area contributed by atoms with E-state index in [9.17, 15) is 4.39 Å². The van der Waals surface area contributed by atoms with E-state index in [4.69, 9.17) is 0 Å². The minimum Gasteiger partial charge on any atom is -0.228 e. The predicted molar refractivity (Wildman–Crippen MR) is 59.8 cm³/mol. The molecule has 0 fully saturated rings. The Balaban J connectivity index is 2.27. The van der Waals surface area contributed by atoms with Crippen molar-refractivity contribution in [1.82, 2.24) is 15.0 Å². The lowest BCUT2D eigenvalue weighted by Crippen LogP contribution is -1.92. The van der Waals surface area contributed by atoms with Crippen molar-refractivity contribution < 1.29 is 4.39 Å². The maximum Gasteiger partial charge on any atom is 0.213 e. The van der Waals surface area contributed by atoms with Gasteiger partial charge in [0.2, 0.25) is 5.95 Å². The van der Waals surface area contributed by atoms with Gasteiger partial charge in [0.15, 0.2) is 5.16 Å². The molecule has 2 aromatic rings. The van der Waals surface area contributed by atoms with Gasteiger partial charge in [0.05, 0.1) is 0 Å². The summed E-state index contributed by atoms with van der Waals surface area (Å²) in [5.74, 6) is -0.491. The van der Waals surface area contributed by atoms with Crippen LogP contribution in [0.4, 0.5) is 4.39 Å². The van der Waals surface area contributed by atoms with Crippen molar-refractivity contribution in [2.45, 2.75) is 23.9 Å². The molecule has 3 nitrogen and oxygen atoms in total. The first-order valence-electron chi connectivity index (χ1n) is 4.75. The Morgan fingerprint density at radius 1 is 1.12 bits per heavy atom. The van der Waals surface area contributed by atoms with Crippen LogP contribution in [0.15, 0.2) is 34.4 Å². The molecule has 0 unspecified atom stereocenters. The van der Waals surface area contributed by atoms with Gasteiger partial charge >= 0.3 is 0 Å². The topological polar surface area (TPSA) is 38.7 Å². The Labute approximate surface area is 97.2 Å². The van der Waals surface area contributed by atoms with Crippen LogP contribution < -0.4 is 0 Å². The number of hydrogen-bond acceptors (Lipinski definition) is 4. The molecular formula is C11H10FN3S. The molecule has 0 saturated carbocycles. The highest BCUT2D eigenvalue weighted by atomic mass is 32.2. The first-order valence-corrected chi connectivity index (χ1v) is 5.57. The second kappa shape index (κ2) is 4.57. The zero-order chi connectivity index (χ0) is 11.5. The third-order valence-corrected chi connectivity index (χ3v) is 2.72. The van der Waals surface area contributed by atoms with Crippen LogP contribution in [0, 0.1) is 19.8 Å². The number of aromatic nitrogens is 3. The third-order valence-electron chi connectivity index (χ3n) is 1.87. The summed E-state index contributed by atoms with van der Waals surface area (Å²) in [4.78, 5) is 12.8. The van der Waals surface area contributed by atoms with Crippen molar-refractivity contribution in [3.05, 3.63) is 41.7 Å². The zero-order valence-corrected chi connectivity index (χ0v) is 9.75. The van der Waals surface area contributed by atoms with Gasteiger partial charge < -0.3 is 0 Å². The average Bonchev–Trinajstić information content (AvgIpc) is 2.15. The van der Waals surface area contributed by atoms with Crippen molar-refractivity contribution in [2.24, 2.45) is 0 Å². The van der Waals surface area contributed by atoms with Crippen molar-refractivity contribution in [2.75, 3.05) is 0 Å². The molecule has 2 heterocycles. The fraction of sp³-hybridized carbons (Fsp3) is 0.182. The molecule has 82 valence electrons. The molecule has 0 spiro atoms. The molecule has 0 amide bonds. The van der Waals surface area contributed by atoms with Gasteiger partial charge in [0.25, 0.3) is 0 Å². The molecule has 2 rings (SSSR count). The lowest BCUT2D eigenvalue weighted by atomic mass is 10.4. The van der Waals surface area contributed by atoms with E-state index in [-0.39, 0.29) is 0 Å². The number of aryl methyl sites for hydroxylation is 2. The SMILES string of the molecule is Cc1cc(C)nc(Sc2ccnc(F)c2)n1. The quantitative estimate of drug-likeness (QED) is 0.592. The Bertz CT molecular complexity index is 496. The van der Waals surface area contributed by atoms with Crippen LogP contribution in [0.3, 0.4) is 0 Å². The second-order valence-corrected chi connectivity index (χ2v) is 4.39. The minimum absolute atomic E-state index is 0.491. The highest BCUT2D eigenvalue weighted by Gasteiger charge is 2.03. The molecule has 0 N–H and O–H groups in total. The molecular weight excluding hydrogens is 225 g/mol. The Morgan fingerprint density at radius 3 is 2.44 bits per heavy atom. The van der Waals surface area contributed by atoms with Crippen molar-refractivity contribution >= 4 is 11.8 Å². The van der Waals surface area contributed by atoms with E-state index in [0.717, 1.165) is 16.3 Å². The highest BCUT2D eigenvalue weighted by molar-refractivity contribution is 7.99. The lowest BCUT2D eigenvalue weighted by Gasteiger charge is -2.02. The van der Waals surface area contributed by atoms with Crippen LogP contribution in [0.1, 0.15) is 11.4 Å². The predicted octanol–water partition coefficient (Wildman–Crippen LogP) is 2.78. The summed E-state index contributed by atoms with van der Waals surface area (Å²) < 4.78 is 12.9. The number of halogens is 1. The van der Waals surface area contributed by atoms with Crippen LogP contribution in [0.5, 0.6) is 0 Å². The summed E-state index contributed by atoms with van der Waals surface area (Å²) in [6.45, 7) is 3.82. The van der Waals surface area contributed by atoms with Gasteiger partial charge in [-0.3, -0.25) is 0 Å². The molecule has 0 radical (unpaired) electrons. The molecule has 0 saturated heterocycles. The standard InChI is InChI=1S/C11H10FN3S/c1-7-5-8(2)15-11(14-7)16-9-3-4-13-10(12)6-9/h3-6H,1-2H3. The summed E-state index contributed by atoms with van der Waals surface area (Å²) in [6.07, 6.45) is 1.43. The number of hydrogen-bond donors (Lipinski definition) is 0. The van der Waals surface area contributed by atoms with Gasteiger partial charge in [0, 0.05) is 28.5 Å². The molecule has 0 aliphatic carbocycles. The average molecular weight is 235 g/mol. The maximum atomic E-state index is 12.9. The fourth-order valence-electron chi connectivity index (χ4n) is 1.29. The highest BCUT2D eigenvalue weighted by Crippen LogP contribution is 2.24. The first-order chi connectivity index (χ1) is 7.63. The van der Waals surface area contributed by atoms with Crippen LogP contribution in [-0.2, 0) is 0 Å². The summed E-state index contributed by atoms with van der Waals surface area (Å²) >= 11 is 1.33. The fourth-order valence-corrected chi connectivity index (χ4v) is 2.17. The van der Waals surface area contributed by atoms with Gasteiger partial charge in [-0.2, -0.15) is 4.39 Å². The summed E-state index contributed by atoms with van der Waals surface area (Å²) in [7, 11) is 0. The molecule has 16 heavy (non-hydrogen) atoms. The smallest absolute Gasteiger partial charge is 0.213 e. The van der Waals surface area contributed by atoms with Gasteiger partial charge in [-0.1, -0.05) is 0 Å². The van der Waals surface area contributed by atoms with Crippen molar-refractivity contribution in [3.63, 3.8) is 0 Å². The van der Waals surface area contributed by atoms with E-state index in [1.807, 2.05) is 19.9 Å². The van der Waals surface area contributed by atoms with Gasteiger partial charge in [-0.05, 0) is 37.7 Å². The van der Waals surface area contributed by atoms with Crippen LogP contribution >= 0.6 is 11.8 Å². The zero-order valence-electron chi connectivity index (χ0n) is 8.94. The number of nitrogens with zero attached hydrogens (tertiary/aromatic N) is 3. The summed E-state index contributed by atoms with van der Waals surface area (Å²) in [6, 6.07) is 5.00. The molecule has 5 heteroatoms. The lowest BCUT2D eigenvalue weighted by molar-refractivity contribution is 0.579. The van der Waals surface area contributed by atoms with Gasteiger partial charge in [-0.15, -0.1) is 0 Å². The largest absolute Gasteiger partial charge is 0.228 e. The van der Waals surface area contributed by atoms with E-state index in [1.165, 1.54) is 24.0 Å². The number of pyridine rings is 1. The Morgan fingerprint density at radius 2 is 1.81 bits per heavy atom. The second-order valence-electron chi connectivity index (χ2n) is 3.35. The van der Waals surface area contributed by atoms with Crippen molar-refractivity contribution in [3.8, 4) is 0 Å². The van der Waals surface area contributed by atoms with E-state index in [0.29, 0.717) is 5.16 Å². The van der Waals surface area contributed by atoms with Gasteiger partial charge in [-0.25, -0.2) is 15.0 Å².